The van der Waals surface area contributed by atoms with Gasteiger partial charge in [0.25, 0.3) is 0 Å². The van der Waals surface area contributed by atoms with Crippen LogP contribution < -0.4 is 5.73 Å². The molecule has 112 valence electrons. The minimum atomic E-state index is -0.529. The zero-order valence-corrected chi connectivity index (χ0v) is 13.0. The van der Waals surface area contributed by atoms with Gasteiger partial charge in [0.15, 0.2) is 0 Å². The van der Waals surface area contributed by atoms with Crippen molar-refractivity contribution in [2.45, 2.75) is 42.5 Å². The summed E-state index contributed by atoms with van der Waals surface area (Å²) in [6.45, 7) is 3.93. The third kappa shape index (κ3) is 4.29. The van der Waals surface area contributed by atoms with Crippen LogP contribution in [-0.2, 0) is 6.42 Å². The van der Waals surface area contributed by atoms with Crippen molar-refractivity contribution in [3.63, 3.8) is 0 Å². The molecule has 0 aliphatic heterocycles. The molecule has 21 heavy (non-hydrogen) atoms. The van der Waals surface area contributed by atoms with E-state index in [0.29, 0.717) is 12.0 Å². The monoisotopic (exact) mass is 307 g/mol. The van der Waals surface area contributed by atoms with Crippen molar-refractivity contribution in [1.82, 2.24) is 0 Å². The van der Waals surface area contributed by atoms with Crippen LogP contribution in [0.2, 0.25) is 0 Å². The zero-order chi connectivity index (χ0) is 15.4. The van der Waals surface area contributed by atoms with E-state index in [1.54, 1.807) is 0 Å². The molecule has 1 atom stereocenters. The molecule has 0 aliphatic rings. The molecule has 0 saturated carbocycles. The van der Waals surface area contributed by atoms with Gasteiger partial charge in [-0.15, -0.1) is 0 Å². The first kappa shape index (κ1) is 16.0. The first-order valence-corrected chi connectivity index (χ1v) is 7.79. The fraction of sp³-hybridized carbons (Fsp3) is 0.294. The van der Waals surface area contributed by atoms with Gasteiger partial charge >= 0.3 is 0 Å². The molecule has 2 rings (SSSR count). The van der Waals surface area contributed by atoms with E-state index < -0.39 is 11.6 Å². The van der Waals surface area contributed by atoms with E-state index in [9.17, 15) is 8.78 Å². The molecule has 0 saturated heterocycles. The maximum atomic E-state index is 14.1. The van der Waals surface area contributed by atoms with Crippen LogP contribution in [0.4, 0.5) is 8.78 Å². The fourth-order valence-electron chi connectivity index (χ4n) is 2.00. The standard InChI is InChI=1S/C17H19F2NS/c1-3-13(20)8-12-9-15(18)17(16(19)10-12)21-14-6-4-11(2)5-7-14/h4-7,9-10,13H,3,8,20H2,1-2H3. The Balaban J connectivity index is 2.22. The number of hydrogen-bond acceptors (Lipinski definition) is 2. The normalized spacial score (nSPS) is 12.4. The van der Waals surface area contributed by atoms with Crippen molar-refractivity contribution in [1.29, 1.82) is 0 Å². The van der Waals surface area contributed by atoms with Crippen molar-refractivity contribution < 1.29 is 8.78 Å². The number of hydrogen-bond donors (Lipinski definition) is 1. The lowest BCUT2D eigenvalue weighted by Crippen LogP contribution is -2.21. The highest BCUT2D eigenvalue weighted by molar-refractivity contribution is 7.99. The van der Waals surface area contributed by atoms with Crippen LogP contribution in [0, 0.1) is 18.6 Å². The Hall–Kier alpha value is -1.39. The Bertz CT molecular complexity index is 588. The van der Waals surface area contributed by atoms with Crippen molar-refractivity contribution >= 4 is 11.8 Å². The molecule has 2 aromatic carbocycles. The molecular weight excluding hydrogens is 288 g/mol. The zero-order valence-electron chi connectivity index (χ0n) is 12.2. The van der Waals surface area contributed by atoms with Gasteiger partial charge in [-0.3, -0.25) is 0 Å². The third-order valence-electron chi connectivity index (χ3n) is 3.32. The maximum Gasteiger partial charge on any atom is 0.140 e. The van der Waals surface area contributed by atoms with Crippen molar-refractivity contribution in [2.24, 2.45) is 5.73 Å². The van der Waals surface area contributed by atoms with Crippen LogP contribution in [0.3, 0.4) is 0 Å². The molecule has 2 N–H and O–H groups in total. The molecule has 0 heterocycles. The summed E-state index contributed by atoms with van der Waals surface area (Å²) in [5.74, 6) is -1.06. The van der Waals surface area contributed by atoms with E-state index in [2.05, 4.69) is 0 Å². The first-order chi connectivity index (χ1) is 9.99. The predicted octanol–water partition coefficient (Wildman–Crippen LogP) is 4.70. The van der Waals surface area contributed by atoms with Crippen LogP contribution >= 0.6 is 11.8 Å². The number of rotatable bonds is 5. The summed E-state index contributed by atoms with van der Waals surface area (Å²) in [4.78, 5) is 0.851. The van der Waals surface area contributed by atoms with Gasteiger partial charge in [0, 0.05) is 10.9 Å². The molecule has 0 amide bonds. The van der Waals surface area contributed by atoms with Gasteiger partial charge in [-0.25, -0.2) is 8.78 Å². The predicted molar refractivity (Wildman–Crippen MR) is 83.6 cm³/mol. The highest BCUT2D eigenvalue weighted by Crippen LogP contribution is 2.33. The molecule has 1 nitrogen and oxygen atoms in total. The Kier molecular flexibility index (Phi) is 5.37. The third-order valence-corrected chi connectivity index (χ3v) is 4.42. The lowest BCUT2D eigenvalue weighted by atomic mass is 10.0. The van der Waals surface area contributed by atoms with Crippen molar-refractivity contribution in [3.05, 3.63) is 59.2 Å². The van der Waals surface area contributed by atoms with E-state index in [-0.39, 0.29) is 10.9 Å². The molecule has 0 fully saturated rings. The van der Waals surface area contributed by atoms with Crippen LogP contribution in [-0.4, -0.2) is 6.04 Å². The van der Waals surface area contributed by atoms with E-state index in [4.69, 9.17) is 5.73 Å². The Morgan fingerprint density at radius 2 is 1.67 bits per heavy atom. The molecule has 2 aromatic rings. The highest BCUT2D eigenvalue weighted by Gasteiger charge is 2.14. The van der Waals surface area contributed by atoms with Crippen LogP contribution in [0.15, 0.2) is 46.2 Å². The van der Waals surface area contributed by atoms with E-state index in [0.717, 1.165) is 28.6 Å². The van der Waals surface area contributed by atoms with E-state index in [1.165, 1.54) is 12.1 Å². The first-order valence-electron chi connectivity index (χ1n) is 6.97. The quantitative estimate of drug-likeness (QED) is 0.866. The smallest absolute Gasteiger partial charge is 0.140 e. The van der Waals surface area contributed by atoms with E-state index in [1.807, 2.05) is 38.1 Å². The van der Waals surface area contributed by atoms with E-state index >= 15 is 0 Å². The molecular formula is C17H19F2NS. The Morgan fingerprint density at radius 1 is 1.10 bits per heavy atom. The highest BCUT2D eigenvalue weighted by atomic mass is 32.2. The maximum absolute atomic E-state index is 14.1. The summed E-state index contributed by atoms with van der Waals surface area (Å²) in [6, 6.07) is 10.3. The number of halogens is 2. The van der Waals surface area contributed by atoms with Gasteiger partial charge in [-0.1, -0.05) is 36.4 Å². The number of aryl methyl sites for hydroxylation is 1. The molecule has 1 unspecified atom stereocenters. The number of nitrogens with two attached hydrogens (primary N) is 1. The second kappa shape index (κ2) is 7.05. The lowest BCUT2D eigenvalue weighted by Gasteiger charge is -2.11. The topological polar surface area (TPSA) is 26.0 Å². The van der Waals surface area contributed by atoms with Crippen LogP contribution in [0.1, 0.15) is 24.5 Å². The average Bonchev–Trinajstić information content (AvgIpc) is 2.44. The molecule has 0 spiro atoms. The molecule has 0 aromatic heterocycles. The summed E-state index contributed by atoms with van der Waals surface area (Å²) >= 11 is 1.10. The summed E-state index contributed by atoms with van der Waals surface area (Å²) in [6.07, 6.45) is 1.27. The molecule has 0 aliphatic carbocycles. The minimum absolute atomic E-state index is 0.0349. The average molecular weight is 307 g/mol. The molecule has 0 radical (unpaired) electrons. The summed E-state index contributed by atoms with van der Waals surface area (Å²) in [5, 5.41) is 0. The van der Waals surface area contributed by atoms with Gasteiger partial charge < -0.3 is 5.73 Å². The molecule has 4 heteroatoms. The fourth-order valence-corrected chi connectivity index (χ4v) is 2.82. The largest absolute Gasteiger partial charge is 0.327 e. The summed E-state index contributed by atoms with van der Waals surface area (Å²) in [7, 11) is 0. The Morgan fingerprint density at radius 3 is 2.19 bits per heavy atom. The number of benzene rings is 2. The Labute approximate surface area is 128 Å². The van der Waals surface area contributed by atoms with Crippen molar-refractivity contribution in [3.8, 4) is 0 Å². The van der Waals surface area contributed by atoms with Gasteiger partial charge in [-0.2, -0.15) is 0 Å². The second-order valence-electron chi connectivity index (χ2n) is 5.18. The van der Waals surface area contributed by atoms with Crippen LogP contribution in [0.25, 0.3) is 0 Å². The van der Waals surface area contributed by atoms with Gasteiger partial charge in [0.1, 0.15) is 11.6 Å². The SMILES string of the molecule is CCC(N)Cc1cc(F)c(Sc2ccc(C)cc2)c(F)c1. The van der Waals surface area contributed by atoms with Crippen molar-refractivity contribution in [2.75, 3.05) is 0 Å². The second-order valence-corrected chi connectivity index (χ2v) is 6.26. The summed E-state index contributed by atoms with van der Waals surface area (Å²) in [5.41, 5.74) is 7.55. The van der Waals surface area contributed by atoms with Gasteiger partial charge in [0.05, 0.1) is 4.90 Å². The van der Waals surface area contributed by atoms with Gasteiger partial charge in [-0.05, 0) is 49.6 Å². The van der Waals surface area contributed by atoms with Gasteiger partial charge in [0.2, 0.25) is 0 Å². The van der Waals surface area contributed by atoms with Crippen LogP contribution in [0.5, 0.6) is 0 Å². The summed E-state index contributed by atoms with van der Waals surface area (Å²) < 4.78 is 28.3. The minimum Gasteiger partial charge on any atom is -0.327 e. The molecule has 0 bridgehead atoms. The lowest BCUT2D eigenvalue weighted by molar-refractivity contribution is 0.533.